The van der Waals surface area contributed by atoms with Crippen molar-refractivity contribution in [1.29, 1.82) is 0 Å². The third-order valence-corrected chi connectivity index (χ3v) is 2.16. The summed E-state index contributed by atoms with van der Waals surface area (Å²) in [4.78, 5) is 14.9. The maximum absolute atomic E-state index is 10.9. The zero-order chi connectivity index (χ0) is 11.3. The third kappa shape index (κ3) is 3.36. The molecule has 1 rings (SSSR count). The van der Waals surface area contributed by atoms with Gasteiger partial charge in [-0.1, -0.05) is 6.08 Å². The molecule has 0 unspecified atom stereocenters. The van der Waals surface area contributed by atoms with Crippen LogP contribution in [0.25, 0.3) is 0 Å². The van der Waals surface area contributed by atoms with E-state index in [0.717, 1.165) is 6.42 Å². The molecule has 0 saturated carbocycles. The van der Waals surface area contributed by atoms with Crippen LogP contribution in [0, 0.1) is 0 Å². The number of halogens is 1. The minimum Gasteiger partial charge on any atom is -0.478 e. The van der Waals surface area contributed by atoms with E-state index < -0.39 is 5.97 Å². The first-order chi connectivity index (χ1) is 7.15. The van der Waals surface area contributed by atoms with Gasteiger partial charge in [0.25, 0.3) is 0 Å². The first-order valence-corrected chi connectivity index (χ1v) is 5.18. The summed E-state index contributed by atoms with van der Waals surface area (Å²) in [6, 6.07) is 1.52. The van der Waals surface area contributed by atoms with Crippen molar-refractivity contribution < 1.29 is 9.90 Å². The first kappa shape index (κ1) is 11.7. The minimum absolute atomic E-state index is 0.161. The van der Waals surface area contributed by atoms with Gasteiger partial charge < -0.3 is 10.4 Å². The number of hydrogen-bond acceptors (Lipinski definition) is 3. The van der Waals surface area contributed by atoms with E-state index in [1.165, 1.54) is 6.07 Å². The van der Waals surface area contributed by atoms with Crippen LogP contribution in [0.2, 0.25) is 0 Å². The van der Waals surface area contributed by atoms with Crippen molar-refractivity contribution in [2.45, 2.75) is 6.42 Å². The van der Waals surface area contributed by atoms with Gasteiger partial charge in [0, 0.05) is 17.2 Å². The van der Waals surface area contributed by atoms with Crippen molar-refractivity contribution >= 4 is 27.7 Å². The van der Waals surface area contributed by atoms with Crippen LogP contribution in [0.1, 0.15) is 16.8 Å². The molecule has 1 heterocycles. The molecular formula is C10H11BrN2O2. The van der Waals surface area contributed by atoms with Crippen LogP contribution in [0.5, 0.6) is 0 Å². The number of aromatic nitrogens is 1. The zero-order valence-electron chi connectivity index (χ0n) is 8.03. The summed E-state index contributed by atoms with van der Waals surface area (Å²) in [5.74, 6) is -0.613. The molecule has 1 aromatic heterocycles. The molecule has 4 nitrogen and oxygen atoms in total. The predicted molar refractivity (Wildman–Crippen MR) is 62.2 cm³/mol. The first-order valence-electron chi connectivity index (χ1n) is 4.38. The minimum atomic E-state index is -0.995. The molecule has 0 bridgehead atoms. The standard InChI is InChI=1S/C10H11BrN2O2/c1-2-3-4-12-9-8(10(14)15)5-7(11)6-13-9/h2,5-6H,1,3-4H2,(H,12,13)(H,14,15). The lowest BCUT2D eigenvalue weighted by Gasteiger charge is -2.07. The molecular weight excluding hydrogens is 260 g/mol. The Morgan fingerprint density at radius 1 is 1.73 bits per heavy atom. The summed E-state index contributed by atoms with van der Waals surface area (Å²) in [6.07, 6.45) is 4.08. The maximum Gasteiger partial charge on any atom is 0.339 e. The highest BCUT2D eigenvalue weighted by Crippen LogP contribution is 2.17. The van der Waals surface area contributed by atoms with Gasteiger partial charge in [0.05, 0.1) is 0 Å². The fourth-order valence-corrected chi connectivity index (χ4v) is 1.37. The molecule has 0 aliphatic rings. The maximum atomic E-state index is 10.9. The molecule has 0 aliphatic carbocycles. The van der Waals surface area contributed by atoms with Crippen molar-refractivity contribution in [2.75, 3.05) is 11.9 Å². The highest BCUT2D eigenvalue weighted by molar-refractivity contribution is 9.10. The lowest BCUT2D eigenvalue weighted by Crippen LogP contribution is -2.09. The Bertz CT molecular complexity index is 380. The second-order valence-corrected chi connectivity index (χ2v) is 3.77. The van der Waals surface area contributed by atoms with Crippen molar-refractivity contribution in [2.24, 2.45) is 0 Å². The van der Waals surface area contributed by atoms with Gasteiger partial charge in [-0.3, -0.25) is 0 Å². The van der Waals surface area contributed by atoms with Crippen molar-refractivity contribution in [3.05, 3.63) is 35.0 Å². The monoisotopic (exact) mass is 270 g/mol. The number of nitrogens with zero attached hydrogens (tertiary/aromatic N) is 1. The van der Waals surface area contributed by atoms with E-state index in [4.69, 9.17) is 5.11 Å². The Hall–Kier alpha value is -1.36. The SMILES string of the molecule is C=CCCNc1ncc(Br)cc1C(=O)O. The molecule has 1 aromatic rings. The second-order valence-electron chi connectivity index (χ2n) is 2.86. The summed E-state index contributed by atoms with van der Waals surface area (Å²) in [5, 5.41) is 11.9. The molecule has 2 N–H and O–H groups in total. The van der Waals surface area contributed by atoms with Crippen LogP contribution in [-0.4, -0.2) is 22.6 Å². The van der Waals surface area contributed by atoms with Crippen LogP contribution < -0.4 is 5.32 Å². The summed E-state index contributed by atoms with van der Waals surface area (Å²) in [6.45, 7) is 4.20. The van der Waals surface area contributed by atoms with E-state index >= 15 is 0 Å². The zero-order valence-corrected chi connectivity index (χ0v) is 9.62. The van der Waals surface area contributed by atoms with E-state index in [9.17, 15) is 4.79 Å². The molecule has 0 atom stereocenters. The highest BCUT2D eigenvalue weighted by atomic mass is 79.9. The topological polar surface area (TPSA) is 62.2 Å². The number of aromatic carboxylic acids is 1. The summed E-state index contributed by atoms with van der Waals surface area (Å²) < 4.78 is 0.647. The van der Waals surface area contributed by atoms with Crippen LogP contribution in [0.3, 0.4) is 0 Å². The van der Waals surface area contributed by atoms with E-state index in [1.54, 1.807) is 12.3 Å². The molecule has 15 heavy (non-hydrogen) atoms. The molecule has 0 fully saturated rings. The van der Waals surface area contributed by atoms with Gasteiger partial charge in [-0.2, -0.15) is 0 Å². The quantitative estimate of drug-likeness (QED) is 0.638. The van der Waals surface area contributed by atoms with Crippen molar-refractivity contribution in [3.63, 3.8) is 0 Å². The Kier molecular flexibility index (Phi) is 4.30. The van der Waals surface area contributed by atoms with E-state index in [2.05, 4.69) is 32.8 Å². The van der Waals surface area contributed by atoms with Crippen molar-refractivity contribution in [3.8, 4) is 0 Å². The van der Waals surface area contributed by atoms with Crippen LogP contribution in [0.4, 0.5) is 5.82 Å². The lowest BCUT2D eigenvalue weighted by molar-refractivity contribution is 0.0697. The van der Waals surface area contributed by atoms with Gasteiger partial charge in [-0.05, 0) is 28.4 Å². The highest BCUT2D eigenvalue weighted by Gasteiger charge is 2.11. The number of rotatable bonds is 5. The Labute approximate surface area is 96.2 Å². The van der Waals surface area contributed by atoms with Crippen LogP contribution >= 0.6 is 15.9 Å². The molecule has 0 amide bonds. The molecule has 0 spiro atoms. The summed E-state index contributed by atoms with van der Waals surface area (Å²) >= 11 is 3.18. The molecule has 0 aliphatic heterocycles. The van der Waals surface area contributed by atoms with Crippen LogP contribution in [0.15, 0.2) is 29.4 Å². The van der Waals surface area contributed by atoms with Crippen LogP contribution in [-0.2, 0) is 0 Å². The molecule has 0 aromatic carbocycles. The number of pyridine rings is 1. The van der Waals surface area contributed by atoms with Gasteiger partial charge in [-0.25, -0.2) is 9.78 Å². The van der Waals surface area contributed by atoms with Crippen molar-refractivity contribution in [1.82, 2.24) is 4.98 Å². The normalized spacial score (nSPS) is 9.67. The summed E-state index contributed by atoms with van der Waals surface area (Å²) in [7, 11) is 0. The Balaban J connectivity index is 2.85. The van der Waals surface area contributed by atoms with E-state index in [1.807, 2.05) is 0 Å². The molecule has 0 saturated heterocycles. The number of anilines is 1. The average molecular weight is 271 g/mol. The van der Waals surface area contributed by atoms with Gasteiger partial charge >= 0.3 is 5.97 Å². The third-order valence-electron chi connectivity index (χ3n) is 1.73. The number of nitrogens with one attached hydrogen (secondary N) is 1. The fourth-order valence-electron chi connectivity index (χ4n) is 1.04. The largest absolute Gasteiger partial charge is 0.478 e. The fraction of sp³-hybridized carbons (Fsp3) is 0.200. The second kappa shape index (κ2) is 5.50. The average Bonchev–Trinajstić information content (AvgIpc) is 2.20. The summed E-state index contributed by atoms with van der Waals surface area (Å²) in [5.41, 5.74) is 0.161. The molecule has 80 valence electrons. The van der Waals surface area contributed by atoms with Gasteiger partial charge in [0.1, 0.15) is 11.4 Å². The molecule has 0 radical (unpaired) electrons. The number of carboxylic acids is 1. The lowest BCUT2D eigenvalue weighted by atomic mass is 10.2. The Morgan fingerprint density at radius 3 is 3.07 bits per heavy atom. The van der Waals surface area contributed by atoms with E-state index in [0.29, 0.717) is 16.8 Å². The van der Waals surface area contributed by atoms with Gasteiger partial charge in [0.2, 0.25) is 0 Å². The Morgan fingerprint density at radius 2 is 2.47 bits per heavy atom. The van der Waals surface area contributed by atoms with E-state index in [-0.39, 0.29) is 5.56 Å². The van der Waals surface area contributed by atoms with Gasteiger partial charge in [-0.15, -0.1) is 6.58 Å². The predicted octanol–water partition coefficient (Wildman–Crippen LogP) is 2.53. The number of carboxylic acid groups (broad SMARTS) is 1. The number of carbonyl (C=O) groups is 1. The smallest absolute Gasteiger partial charge is 0.339 e. The molecule has 5 heteroatoms. The number of hydrogen-bond donors (Lipinski definition) is 2. The van der Waals surface area contributed by atoms with Gasteiger partial charge in [0.15, 0.2) is 0 Å².